The Labute approximate surface area is 145 Å². The predicted molar refractivity (Wildman–Crippen MR) is 94.3 cm³/mol. The number of hydrogen-bond donors (Lipinski definition) is 2. The smallest absolute Gasteiger partial charge is 0.257 e. The number of aromatic nitrogens is 2. The van der Waals surface area contributed by atoms with Crippen molar-refractivity contribution in [2.75, 3.05) is 37.7 Å². The van der Waals surface area contributed by atoms with E-state index in [2.05, 4.69) is 15.1 Å². The fourth-order valence-electron chi connectivity index (χ4n) is 2.85. The van der Waals surface area contributed by atoms with Gasteiger partial charge in [0.1, 0.15) is 6.61 Å². The van der Waals surface area contributed by atoms with Crippen molar-refractivity contribution < 1.29 is 14.7 Å². The molecule has 1 aliphatic heterocycles. The van der Waals surface area contributed by atoms with Gasteiger partial charge in [0.15, 0.2) is 5.78 Å². The average Bonchev–Trinajstić information content (AvgIpc) is 3.20. The van der Waals surface area contributed by atoms with E-state index in [1.807, 2.05) is 29.2 Å². The summed E-state index contributed by atoms with van der Waals surface area (Å²) in [4.78, 5) is 27.7. The minimum Gasteiger partial charge on any atom is -0.388 e. The van der Waals surface area contributed by atoms with Crippen LogP contribution in [-0.2, 0) is 4.79 Å². The van der Waals surface area contributed by atoms with Crippen molar-refractivity contribution >= 4 is 23.5 Å². The largest absolute Gasteiger partial charge is 0.388 e. The van der Waals surface area contributed by atoms with Gasteiger partial charge in [-0.1, -0.05) is 18.2 Å². The molecule has 2 N–H and O–H groups in total. The quantitative estimate of drug-likeness (QED) is 0.791. The third-order valence-corrected chi connectivity index (χ3v) is 4.19. The van der Waals surface area contributed by atoms with Gasteiger partial charge in [-0.15, -0.1) is 0 Å². The molecule has 130 valence electrons. The Morgan fingerprint density at radius 2 is 1.96 bits per heavy atom. The molecule has 0 spiro atoms. The van der Waals surface area contributed by atoms with E-state index in [0.29, 0.717) is 31.7 Å². The van der Waals surface area contributed by atoms with E-state index >= 15 is 0 Å². The molecular formula is C18H20N4O3. The summed E-state index contributed by atoms with van der Waals surface area (Å²) >= 11 is 0. The van der Waals surface area contributed by atoms with Gasteiger partial charge in [0.05, 0.1) is 11.8 Å². The lowest BCUT2D eigenvalue weighted by atomic mass is 10.1. The van der Waals surface area contributed by atoms with E-state index in [-0.39, 0.29) is 11.7 Å². The molecule has 2 aromatic rings. The van der Waals surface area contributed by atoms with Crippen LogP contribution < -0.4 is 4.90 Å². The molecule has 0 bridgehead atoms. The molecule has 2 heterocycles. The van der Waals surface area contributed by atoms with Crippen molar-refractivity contribution in [1.82, 2.24) is 15.1 Å². The molecule has 7 nitrogen and oxygen atoms in total. The first-order chi connectivity index (χ1) is 12.2. The van der Waals surface area contributed by atoms with Crippen molar-refractivity contribution in [1.29, 1.82) is 0 Å². The zero-order valence-corrected chi connectivity index (χ0v) is 13.8. The number of aliphatic hydroxyl groups excluding tert-OH is 1. The van der Waals surface area contributed by atoms with Crippen LogP contribution in [0.4, 0.5) is 5.69 Å². The molecule has 1 fully saturated rings. The highest BCUT2D eigenvalue weighted by Crippen LogP contribution is 2.23. The number of piperazine rings is 1. The van der Waals surface area contributed by atoms with E-state index in [1.165, 1.54) is 12.3 Å². The number of aliphatic hydroxyl groups is 1. The van der Waals surface area contributed by atoms with E-state index in [9.17, 15) is 9.59 Å². The molecule has 1 aromatic carbocycles. The highest BCUT2D eigenvalue weighted by atomic mass is 16.3. The van der Waals surface area contributed by atoms with E-state index in [4.69, 9.17) is 5.11 Å². The maximum atomic E-state index is 12.4. The summed E-state index contributed by atoms with van der Waals surface area (Å²) in [5.41, 5.74) is 2.50. The van der Waals surface area contributed by atoms with Crippen LogP contribution in [0.25, 0.3) is 6.08 Å². The van der Waals surface area contributed by atoms with Crippen LogP contribution in [0, 0.1) is 0 Å². The normalized spacial score (nSPS) is 14.9. The van der Waals surface area contributed by atoms with E-state index < -0.39 is 6.61 Å². The van der Waals surface area contributed by atoms with Gasteiger partial charge in [-0.25, -0.2) is 0 Å². The van der Waals surface area contributed by atoms with Crippen molar-refractivity contribution in [3.8, 4) is 0 Å². The van der Waals surface area contributed by atoms with E-state index in [0.717, 1.165) is 11.3 Å². The monoisotopic (exact) mass is 340 g/mol. The molecule has 1 saturated heterocycles. The SMILES string of the molecule is O=C(/C=C/c1ccccc1N1CCN(C(=O)c2cn[nH]c2)CC1)CO. The first-order valence-corrected chi connectivity index (χ1v) is 8.13. The molecule has 0 aliphatic carbocycles. The molecule has 0 radical (unpaired) electrons. The summed E-state index contributed by atoms with van der Waals surface area (Å²) in [7, 11) is 0. The molecule has 0 saturated carbocycles. The van der Waals surface area contributed by atoms with Gasteiger partial charge < -0.3 is 14.9 Å². The number of ketones is 1. The number of nitrogens with one attached hydrogen (secondary N) is 1. The maximum Gasteiger partial charge on any atom is 0.257 e. The standard InChI is InChI=1S/C18H20N4O3/c23-13-16(24)6-5-14-3-1-2-4-17(14)21-7-9-22(10-8-21)18(25)15-11-19-20-12-15/h1-6,11-12,23H,7-10,13H2,(H,19,20)/b6-5+. The zero-order chi connectivity index (χ0) is 17.6. The molecule has 1 aliphatic rings. The number of para-hydroxylation sites is 1. The number of amides is 1. The fraction of sp³-hybridized carbons (Fsp3) is 0.278. The van der Waals surface area contributed by atoms with Crippen molar-refractivity contribution in [3.05, 3.63) is 53.9 Å². The fourth-order valence-corrected chi connectivity index (χ4v) is 2.85. The van der Waals surface area contributed by atoms with Gasteiger partial charge in [-0.3, -0.25) is 14.7 Å². The highest BCUT2D eigenvalue weighted by molar-refractivity contribution is 5.95. The number of benzene rings is 1. The highest BCUT2D eigenvalue weighted by Gasteiger charge is 2.23. The summed E-state index contributed by atoms with van der Waals surface area (Å²) in [5.74, 6) is -0.347. The Bertz CT molecular complexity index is 762. The van der Waals surface area contributed by atoms with Gasteiger partial charge in [0.2, 0.25) is 0 Å². The molecule has 1 aromatic heterocycles. The Morgan fingerprint density at radius 3 is 2.64 bits per heavy atom. The number of hydrogen-bond acceptors (Lipinski definition) is 5. The average molecular weight is 340 g/mol. The second-order valence-electron chi connectivity index (χ2n) is 5.78. The van der Waals surface area contributed by atoms with E-state index in [1.54, 1.807) is 12.3 Å². The third kappa shape index (κ3) is 3.95. The Balaban J connectivity index is 1.68. The Morgan fingerprint density at radius 1 is 1.20 bits per heavy atom. The van der Waals surface area contributed by atoms with Gasteiger partial charge in [-0.2, -0.15) is 5.10 Å². The number of carbonyl (C=O) groups excluding carboxylic acids is 2. The van der Waals surface area contributed by atoms with Crippen LogP contribution in [-0.4, -0.2) is 64.7 Å². The lowest BCUT2D eigenvalue weighted by molar-refractivity contribution is -0.117. The number of anilines is 1. The number of aromatic amines is 1. The molecule has 25 heavy (non-hydrogen) atoms. The predicted octanol–water partition coefficient (Wildman–Crippen LogP) is 0.947. The summed E-state index contributed by atoms with van der Waals surface area (Å²) < 4.78 is 0. The van der Waals surface area contributed by atoms with Crippen LogP contribution in [0.3, 0.4) is 0 Å². The Hall–Kier alpha value is -2.93. The number of rotatable bonds is 5. The maximum absolute atomic E-state index is 12.4. The van der Waals surface area contributed by atoms with Gasteiger partial charge in [-0.05, 0) is 23.8 Å². The molecule has 3 rings (SSSR count). The van der Waals surface area contributed by atoms with Gasteiger partial charge in [0.25, 0.3) is 5.91 Å². The number of H-pyrrole nitrogens is 1. The lowest BCUT2D eigenvalue weighted by Crippen LogP contribution is -2.48. The van der Waals surface area contributed by atoms with Crippen LogP contribution in [0.5, 0.6) is 0 Å². The summed E-state index contributed by atoms with van der Waals surface area (Å²) in [6.45, 7) is 2.17. The molecule has 0 unspecified atom stereocenters. The molecule has 7 heteroatoms. The molecule has 0 atom stereocenters. The minimum atomic E-state index is -0.493. The topological polar surface area (TPSA) is 89.5 Å². The van der Waals surface area contributed by atoms with Crippen molar-refractivity contribution in [2.45, 2.75) is 0 Å². The first kappa shape index (κ1) is 16.9. The lowest BCUT2D eigenvalue weighted by Gasteiger charge is -2.36. The van der Waals surface area contributed by atoms with Crippen LogP contribution in [0.15, 0.2) is 42.7 Å². The van der Waals surface area contributed by atoms with Crippen molar-refractivity contribution in [3.63, 3.8) is 0 Å². The first-order valence-electron chi connectivity index (χ1n) is 8.13. The minimum absolute atomic E-state index is 0.0184. The third-order valence-electron chi connectivity index (χ3n) is 4.19. The summed E-state index contributed by atoms with van der Waals surface area (Å²) in [5, 5.41) is 15.3. The van der Waals surface area contributed by atoms with Crippen molar-refractivity contribution in [2.24, 2.45) is 0 Å². The van der Waals surface area contributed by atoms with Crippen LogP contribution >= 0.6 is 0 Å². The second kappa shape index (κ2) is 7.76. The number of carbonyl (C=O) groups is 2. The van der Waals surface area contributed by atoms with Crippen LogP contribution in [0.2, 0.25) is 0 Å². The van der Waals surface area contributed by atoms with Gasteiger partial charge >= 0.3 is 0 Å². The Kier molecular flexibility index (Phi) is 5.25. The zero-order valence-electron chi connectivity index (χ0n) is 13.8. The number of nitrogens with zero attached hydrogens (tertiary/aromatic N) is 3. The van der Waals surface area contributed by atoms with Gasteiger partial charge in [0, 0.05) is 38.1 Å². The molecule has 1 amide bonds. The second-order valence-corrected chi connectivity index (χ2v) is 5.78. The summed E-state index contributed by atoms with van der Waals surface area (Å²) in [6, 6.07) is 7.78. The summed E-state index contributed by atoms with van der Waals surface area (Å²) in [6.07, 6.45) is 6.24. The van der Waals surface area contributed by atoms with Crippen LogP contribution in [0.1, 0.15) is 15.9 Å². The molecular weight excluding hydrogens is 320 g/mol.